The first kappa shape index (κ1) is 127. The molecule has 0 aromatic carbocycles. The van der Waals surface area contributed by atoms with Crippen LogP contribution in [0, 0.1) is 0 Å². The van der Waals surface area contributed by atoms with Crippen LogP contribution in [0.1, 0.15) is 141 Å². The first-order valence-corrected chi connectivity index (χ1v) is 46.1. The fraction of sp³-hybridized carbons (Fsp3) is 0.851. The van der Waals surface area contributed by atoms with Gasteiger partial charge < -0.3 is 173 Å². The Morgan fingerprint density at radius 1 is 0.200 bits per heavy atom. The lowest BCUT2D eigenvalue weighted by atomic mass is 10.1. The van der Waals surface area contributed by atoms with Crippen LogP contribution >= 0.6 is 0 Å². The molecule has 0 unspecified atom stereocenters. The molecule has 0 rings (SSSR count). The molecule has 48 heteroatoms. The van der Waals surface area contributed by atoms with Crippen LogP contribution in [-0.2, 0) is 152 Å². The van der Waals surface area contributed by atoms with E-state index in [9.17, 15) is 62.3 Å². The van der Waals surface area contributed by atoms with Gasteiger partial charge in [0.2, 0.25) is 47.3 Å². The van der Waals surface area contributed by atoms with Crippen molar-refractivity contribution in [3.63, 3.8) is 0 Å². The van der Waals surface area contributed by atoms with Crippen molar-refractivity contribution in [2.24, 2.45) is 0 Å². The van der Waals surface area contributed by atoms with Gasteiger partial charge in [-0.25, -0.2) is 24.0 Å². The first-order valence-electron chi connectivity index (χ1n) is 46.1. The van der Waals surface area contributed by atoms with Gasteiger partial charge in [0.05, 0.1) is 205 Å². The molecule has 0 saturated heterocycles. The number of hydrogen-bond donors (Lipinski definition) is 12. The van der Waals surface area contributed by atoms with Crippen molar-refractivity contribution in [2.75, 3.05) is 304 Å². The largest absolute Gasteiger partial charge is 0.467 e. The van der Waals surface area contributed by atoms with Crippen molar-refractivity contribution in [2.45, 2.75) is 181 Å². The minimum atomic E-state index is -0.965. The summed E-state index contributed by atoms with van der Waals surface area (Å²) in [4.78, 5) is 162. The standard InChI is InChI=1S/C87H162N12O36/c1-84(2,3)132-80(109)93-28-34-116-40-46-121-51-57-126-62-71(100)88-23-17-14-20-68(97-74(103)65-129-59-53-124-48-42-118-36-30-95-82(111)134-86(7,8)9)77(106)91-26-32-114-38-44-120-50-56-128-64-73(102)90-25-19-16-22-70(79(108)113-13)99-76(105)67-131-61-55-123-45-39-115-33-27-92-78(107)69(98-75(104)66-130-60-54-125-49-43-119-37-31-96-83(112)135-87(10,11)12)21-15-18-24-89-72(101)63-127-58-52-122-47-41-117-35-29-94-81(110)133-85(4,5)6/h68-70H,14-67H2,1-13H3,(H,88,100)(H,89,101)(H,90,102)(H,91,106)(H,92,107)(H,93,109)(H,94,110)(H,95,111)(H,96,112)(H,97,103)(H,98,104)(H,99,105)/t68-,69-,70-/m0/s1. The molecule has 0 aromatic rings. The predicted octanol–water partition coefficient (Wildman–Crippen LogP) is 0.103. The summed E-state index contributed by atoms with van der Waals surface area (Å²) >= 11 is 0. The van der Waals surface area contributed by atoms with E-state index in [0.717, 1.165) is 0 Å². The lowest BCUT2D eigenvalue weighted by Gasteiger charge is -2.19. The zero-order chi connectivity index (χ0) is 100. The second-order valence-corrected chi connectivity index (χ2v) is 33.4. The van der Waals surface area contributed by atoms with E-state index >= 15 is 0 Å². The van der Waals surface area contributed by atoms with E-state index in [0.29, 0.717) is 64.9 Å². The van der Waals surface area contributed by atoms with Crippen LogP contribution in [0.25, 0.3) is 0 Å². The molecule has 135 heavy (non-hydrogen) atoms. The summed E-state index contributed by atoms with van der Waals surface area (Å²) in [5.74, 6) is -4.24. The highest BCUT2D eigenvalue weighted by molar-refractivity contribution is 5.89. The molecule has 0 spiro atoms. The highest BCUT2D eigenvalue weighted by atomic mass is 16.6. The lowest BCUT2D eigenvalue weighted by Crippen LogP contribution is -2.48. The van der Waals surface area contributed by atoms with Gasteiger partial charge in [0.1, 0.15) is 80.2 Å². The minimum Gasteiger partial charge on any atom is -0.467 e. The van der Waals surface area contributed by atoms with E-state index in [2.05, 4.69) is 63.8 Å². The van der Waals surface area contributed by atoms with Crippen LogP contribution in [-0.4, -0.2) is 422 Å². The normalized spacial score (nSPS) is 12.2. The number of carbonyl (C=O) groups excluding carboxylic acids is 13. The number of unbranched alkanes of at least 4 members (excludes halogenated alkanes) is 3. The second-order valence-electron chi connectivity index (χ2n) is 33.4. The lowest BCUT2D eigenvalue weighted by molar-refractivity contribution is -0.146. The number of carbonyl (C=O) groups is 13. The number of nitrogens with one attached hydrogen (secondary N) is 12. The Kier molecular flexibility index (Phi) is 78.5. The van der Waals surface area contributed by atoms with Gasteiger partial charge in [-0.15, -0.1) is 0 Å². The second kappa shape index (κ2) is 83.7. The van der Waals surface area contributed by atoms with Crippen LogP contribution in [0.2, 0.25) is 0 Å². The Morgan fingerprint density at radius 2 is 0.378 bits per heavy atom. The van der Waals surface area contributed by atoms with E-state index < -0.39 is 100 Å². The SMILES string of the molecule is COC(=O)[C@H](CCCCNC(=O)COCCOCCOCCNC(=O)[C@H](CCCCNC(=O)COCCOCCOCCNC(=O)OC(C)(C)C)NC(=O)COCCOCCOCCNC(=O)OC(C)(C)C)NC(=O)COCCOCCOCCNC(=O)[C@H](CCCCNC(=O)COCCOCCOCCNC(=O)OC(C)(C)C)NC(=O)COCCOCCOCCNC(=O)OC(C)(C)C. The fourth-order valence-corrected chi connectivity index (χ4v) is 10.4. The summed E-state index contributed by atoms with van der Waals surface area (Å²) in [6.07, 6.45) is 1.36. The van der Waals surface area contributed by atoms with Gasteiger partial charge in [-0.3, -0.25) is 38.4 Å². The quantitative estimate of drug-likeness (QED) is 0.0218. The highest BCUT2D eigenvalue weighted by Crippen LogP contribution is 2.11. The molecular weight excluding hydrogens is 1790 g/mol. The van der Waals surface area contributed by atoms with Gasteiger partial charge in [-0.1, -0.05) is 0 Å². The molecule has 48 nitrogen and oxygen atoms in total. The van der Waals surface area contributed by atoms with Crippen LogP contribution < -0.4 is 63.8 Å². The van der Waals surface area contributed by atoms with E-state index in [1.165, 1.54) is 7.11 Å². The average molecular weight is 1950 g/mol. The van der Waals surface area contributed by atoms with Crippen molar-refractivity contribution in [1.82, 2.24) is 63.8 Å². The van der Waals surface area contributed by atoms with Gasteiger partial charge in [0.25, 0.3) is 0 Å². The monoisotopic (exact) mass is 1950 g/mol. The van der Waals surface area contributed by atoms with Crippen LogP contribution in [0.4, 0.5) is 19.2 Å². The summed E-state index contributed by atoms with van der Waals surface area (Å²) in [6, 6.07) is -2.83. The maximum Gasteiger partial charge on any atom is 0.407 e. The molecule has 0 aliphatic rings. The molecule has 0 aliphatic heterocycles. The third-order valence-electron chi connectivity index (χ3n) is 16.5. The van der Waals surface area contributed by atoms with Gasteiger partial charge in [0.15, 0.2) is 0 Å². The smallest absolute Gasteiger partial charge is 0.407 e. The summed E-state index contributed by atoms with van der Waals surface area (Å²) in [6.45, 7) is 27.7. The summed E-state index contributed by atoms with van der Waals surface area (Å²) in [5.41, 5.74) is -2.42. The first-order chi connectivity index (χ1) is 64.5. The highest BCUT2D eigenvalue weighted by Gasteiger charge is 2.26. The minimum absolute atomic E-state index is 0.0438. The zero-order valence-corrected chi connectivity index (χ0v) is 82.1. The number of hydrogen-bond acceptors (Lipinski definition) is 36. The van der Waals surface area contributed by atoms with Crippen LogP contribution in [0.15, 0.2) is 0 Å². The van der Waals surface area contributed by atoms with Crippen molar-refractivity contribution >= 4 is 77.6 Å². The molecule has 0 radical (unpaired) electrons. The summed E-state index contributed by atoms with van der Waals surface area (Å²) < 4.78 is 124. The third kappa shape index (κ3) is 90.5. The molecule has 0 heterocycles. The molecule has 0 saturated carbocycles. The Morgan fingerprint density at radius 3 is 0.585 bits per heavy atom. The number of methoxy groups -OCH3 is 1. The molecule has 3 atom stereocenters. The van der Waals surface area contributed by atoms with E-state index in [1.54, 1.807) is 83.1 Å². The number of esters is 1. The van der Waals surface area contributed by atoms with Gasteiger partial charge >= 0.3 is 30.3 Å². The third-order valence-corrected chi connectivity index (χ3v) is 16.5. The summed E-state index contributed by atoms with van der Waals surface area (Å²) in [5, 5.41) is 32.3. The zero-order valence-electron chi connectivity index (χ0n) is 82.1. The number of ether oxygens (including phenoxy) is 23. The van der Waals surface area contributed by atoms with E-state index in [-0.39, 0.29) is 307 Å². The predicted molar refractivity (Wildman–Crippen MR) is 486 cm³/mol. The van der Waals surface area contributed by atoms with Gasteiger partial charge in [0, 0.05) is 58.9 Å². The van der Waals surface area contributed by atoms with Crippen molar-refractivity contribution in [3.8, 4) is 0 Å². The maximum atomic E-state index is 13.4. The topological polar surface area (TPSA) is 579 Å². The molecule has 0 aromatic heterocycles. The van der Waals surface area contributed by atoms with Gasteiger partial charge in [-0.05, 0) is 141 Å². The molecule has 0 aliphatic carbocycles. The number of amides is 12. The Hall–Kier alpha value is -8.41. The molecule has 12 amide bonds. The van der Waals surface area contributed by atoms with Crippen molar-refractivity contribution < 1.29 is 171 Å². The number of alkyl carbamates (subject to hydrolysis) is 4. The Balaban J connectivity index is 4.71. The van der Waals surface area contributed by atoms with Crippen LogP contribution in [0.5, 0.6) is 0 Å². The van der Waals surface area contributed by atoms with Crippen molar-refractivity contribution in [3.05, 3.63) is 0 Å². The van der Waals surface area contributed by atoms with E-state index in [1.807, 2.05) is 0 Å². The van der Waals surface area contributed by atoms with E-state index in [4.69, 9.17) is 109 Å². The van der Waals surface area contributed by atoms with Crippen LogP contribution in [0.3, 0.4) is 0 Å². The van der Waals surface area contributed by atoms with Gasteiger partial charge in [-0.2, -0.15) is 0 Å². The number of rotatable bonds is 87. The summed E-state index contributed by atoms with van der Waals surface area (Å²) in [7, 11) is 1.20. The fourth-order valence-electron chi connectivity index (χ4n) is 10.4. The molecule has 0 fully saturated rings. The molecule has 0 bridgehead atoms. The molecule has 12 N–H and O–H groups in total. The molecule has 786 valence electrons. The average Bonchev–Trinajstić information content (AvgIpc) is 0.928. The molecular formula is C87H162N12O36. The van der Waals surface area contributed by atoms with Crippen molar-refractivity contribution in [1.29, 1.82) is 0 Å². The Bertz CT molecular complexity index is 3130. The Labute approximate surface area is 794 Å². The maximum absolute atomic E-state index is 13.4.